The zero-order valence-corrected chi connectivity index (χ0v) is 11.3. The van der Waals surface area contributed by atoms with Crippen molar-refractivity contribution in [3.8, 4) is 0 Å². The number of benzene rings is 2. The fraction of sp³-hybridized carbons (Fsp3) is 0.0714. The van der Waals surface area contributed by atoms with Crippen LogP contribution < -0.4 is 10.6 Å². The van der Waals surface area contributed by atoms with Crippen LogP contribution in [0.4, 0.5) is 5.69 Å². The van der Waals surface area contributed by atoms with Crippen molar-refractivity contribution in [3.63, 3.8) is 0 Å². The summed E-state index contributed by atoms with van der Waals surface area (Å²) < 4.78 is 0. The summed E-state index contributed by atoms with van der Waals surface area (Å²) in [5.41, 5.74) is 2.26. The predicted octanol–water partition coefficient (Wildman–Crippen LogP) is 3.85. The molecule has 0 fully saturated rings. The summed E-state index contributed by atoms with van der Waals surface area (Å²) in [7, 11) is 0. The highest BCUT2D eigenvalue weighted by Crippen LogP contribution is 2.29. The topological polar surface area (TPSA) is 41.1 Å². The quantitative estimate of drug-likeness (QED) is 0.838. The van der Waals surface area contributed by atoms with Gasteiger partial charge in [-0.1, -0.05) is 35.3 Å². The van der Waals surface area contributed by atoms with Crippen molar-refractivity contribution >= 4 is 34.8 Å². The third-order valence-corrected chi connectivity index (χ3v) is 3.49. The molecule has 0 radical (unpaired) electrons. The molecule has 3 nitrogen and oxygen atoms in total. The van der Waals surface area contributed by atoms with Gasteiger partial charge >= 0.3 is 0 Å². The molecule has 19 heavy (non-hydrogen) atoms. The molecule has 0 bridgehead atoms. The summed E-state index contributed by atoms with van der Waals surface area (Å²) in [5, 5.41) is 7.39. The zero-order chi connectivity index (χ0) is 13.4. The average Bonchev–Trinajstić information content (AvgIpc) is 2.38. The Kier molecular flexibility index (Phi) is 3.09. The molecule has 0 aliphatic carbocycles. The van der Waals surface area contributed by atoms with E-state index in [1.54, 1.807) is 30.3 Å². The van der Waals surface area contributed by atoms with Gasteiger partial charge in [0.15, 0.2) is 0 Å². The van der Waals surface area contributed by atoms with Gasteiger partial charge in [-0.05, 0) is 35.9 Å². The molecular weight excluding hydrogens is 283 g/mol. The second-order valence-electron chi connectivity index (χ2n) is 4.29. The van der Waals surface area contributed by atoms with Gasteiger partial charge in [0.25, 0.3) is 5.91 Å². The maximum Gasteiger partial charge on any atom is 0.255 e. The molecule has 2 N–H and O–H groups in total. The van der Waals surface area contributed by atoms with Crippen LogP contribution in [0, 0.1) is 0 Å². The molecule has 1 atom stereocenters. The van der Waals surface area contributed by atoms with Gasteiger partial charge in [-0.2, -0.15) is 0 Å². The SMILES string of the molecule is O=C1NC(c2ccc(Cl)cc2)Nc2cc(Cl)ccc21. The Labute approximate surface area is 120 Å². The van der Waals surface area contributed by atoms with Crippen LogP contribution in [0.1, 0.15) is 22.1 Å². The summed E-state index contributed by atoms with van der Waals surface area (Å²) in [6, 6.07) is 12.5. The summed E-state index contributed by atoms with van der Waals surface area (Å²) in [5.74, 6) is -0.120. The van der Waals surface area contributed by atoms with Gasteiger partial charge in [-0.25, -0.2) is 0 Å². The van der Waals surface area contributed by atoms with Gasteiger partial charge in [0.2, 0.25) is 0 Å². The van der Waals surface area contributed by atoms with E-state index in [1.165, 1.54) is 0 Å². The number of amides is 1. The van der Waals surface area contributed by atoms with Crippen LogP contribution in [0.5, 0.6) is 0 Å². The van der Waals surface area contributed by atoms with Gasteiger partial charge in [0.05, 0.1) is 11.3 Å². The molecule has 0 spiro atoms. The Bertz CT molecular complexity index is 640. The fourth-order valence-corrected chi connectivity index (χ4v) is 2.35. The fourth-order valence-electron chi connectivity index (χ4n) is 2.06. The van der Waals surface area contributed by atoms with E-state index < -0.39 is 0 Å². The summed E-state index contributed by atoms with van der Waals surface area (Å²) >= 11 is 11.8. The summed E-state index contributed by atoms with van der Waals surface area (Å²) in [6.45, 7) is 0. The van der Waals surface area contributed by atoms with Crippen molar-refractivity contribution in [2.24, 2.45) is 0 Å². The molecule has 1 amide bonds. The molecule has 1 heterocycles. The lowest BCUT2D eigenvalue weighted by molar-refractivity contribution is 0.0935. The molecule has 0 saturated carbocycles. The standard InChI is InChI=1S/C14H10Cl2N2O/c15-9-3-1-8(2-4-9)13-17-12-7-10(16)5-6-11(12)14(19)18-13/h1-7,13,17H,(H,18,19). The van der Waals surface area contributed by atoms with Gasteiger partial charge < -0.3 is 10.6 Å². The molecular formula is C14H10Cl2N2O. The van der Waals surface area contributed by atoms with Crippen molar-refractivity contribution in [2.45, 2.75) is 6.17 Å². The third-order valence-electron chi connectivity index (χ3n) is 3.00. The molecule has 96 valence electrons. The van der Waals surface area contributed by atoms with Crippen LogP contribution in [0.2, 0.25) is 10.0 Å². The van der Waals surface area contributed by atoms with Crippen molar-refractivity contribution in [3.05, 3.63) is 63.6 Å². The van der Waals surface area contributed by atoms with E-state index in [0.29, 0.717) is 15.6 Å². The van der Waals surface area contributed by atoms with Crippen molar-refractivity contribution < 1.29 is 4.79 Å². The van der Waals surface area contributed by atoms with Gasteiger partial charge in [-0.3, -0.25) is 4.79 Å². The molecule has 1 aliphatic heterocycles. The molecule has 2 aromatic rings. The highest BCUT2D eigenvalue weighted by Gasteiger charge is 2.24. The smallest absolute Gasteiger partial charge is 0.255 e. The number of rotatable bonds is 1. The highest BCUT2D eigenvalue weighted by atomic mass is 35.5. The molecule has 0 saturated heterocycles. The van der Waals surface area contributed by atoms with Crippen molar-refractivity contribution in [1.82, 2.24) is 5.32 Å². The van der Waals surface area contributed by atoms with Crippen LogP contribution in [0.25, 0.3) is 0 Å². The van der Waals surface area contributed by atoms with E-state index in [9.17, 15) is 4.79 Å². The number of nitrogens with one attached hydrogen (secondary N) is 2. The average molecular weight is 293 g/mol. The largest absolute Gasteiger partial charge is 0.361 e. The minimum Gasteiger partial charge on any atom is -0.361 e. The number of carbonyl (C=O) groups excluding carboxylic acids is 1. The van der Waals surface area contributed by atoms with E-state index in [2.05, 4.69) is 10.6 Å². The lowest BCUT2D eigenvalue weighted by Gasteiger charge is -2.28. The Hall–Kier alpha value is -1.71. The van der Waals surface area contributed by atoms with Crippen LogP contribution >= 0.6 is 23.2 Å². The van der Waals surface area contributed by atoms with Crippen LogP contribution in [-0.2, 0) is 0 Å². The second-order valence-corrected chi connectivity index (χ2v) is 5.17. The predicted molar refractivity (Wildman–Crippen MR) is 76.7 cm³/mol. The van der Waals surface area contributed by atoms with E-state index in [1.807, 2.05) is 12.1 Å². The number of halogens is 2. The van der Waals surface area contributed by atoms with E-state index in [4.69, 9.17) is 23.2 Å². The molecule has 1 unspecified atom stereocenters. The molecule has 1 aliphatic rings. The maximum atomic E-state index is 12.0. The first-order valence-corrected chi connectivity index (χ1v) is 6.51. The lowest BCUT2D eigenvalue weighted by Crippen LogP contribution is -2.38. The summed E-state index contributed by atoms with van der Waals surface area (Å²) in [6.07, 6.45) is -0.282. The van der Waals surface area contributed by atoms with Gasteiger partial charge in [-0.15, -0.1) is 0 Å². The van der Waals surface area contributed by atoms with Crippen molar-refractivity contribution in [1.29, 1.82) is 0 Å². The Morgan fingerprint density at radius 3 is 2.32 bits per heavy atom. The van der Waals surface area contributed by atoms with Gasteiger partial charge in [0.1, 0.15) is 6.17 Å². The highest BCUT2D eigenvalue weighted by molar-refractivity contribution is 6.31. The Morgan fingerprint density at radius 1 is 0.895 bits per heavy atom. The number of carbonyl (C=O) groups is 1. The molecule has 3 rings (SSSR count). The number of anilines is 1. The number of hydrogen-bond donors (Lipinski definition) is 2. The number of fused-ring (bicyclic) bond motifs is 1. The lowest BCUT2D eigenvalue weighted by atomic mass is 10.1. The normalized spacial score (nSPS) is 17.4. The Morgan fingerprint density at radius 2 is 1.58 bits per heavy atom. The monoisotopic (exact) mass is 292 g/mol. The minimum atomic E-state index is -0.282. The van der Waals surface area contributed by atoms with Crippen LogP contribution in [0.15, 0.2) is 42.5 Å². The minimum absolute atomic E-state index is 0.120. The van der Waals surface area contributed by atoms with Crippen LogP contribution in [0.3, 0.4) is 0 Å². The second kappa shape index (κ2) is 4.76. The zero-order valence-electron chi connectivity index (χ0n) is 9.78. The molecule has 5 heteroatoms. The molecule has 0 aromatic heterocycles. The van der Waals surface area contributed by atoms with E-state index >= 15 is 0 Å². The Balaban J connectivity index is 1.96. The van der Waals surface area contributed by atoms with Crippen molar-refractivity contribution in [2.75, 3.05) is 5.32 Å². The first-order valence-electron chi connectivity index (χ1n) is 5.76. The third kappa shape index (κ3) is 2.39. The van der Waals surface area contributed by atoms with E-state index in [-0.39, 0.29) is 12.1 Å². The number of hydrogen-bond acceptors (Lipinski definition) is 2. The molecule has 2 aromatic carbocycles. The first kappa shape index (κ1) is 12.3. The summed E-state index contributed by atoms with van der Waals surface area (Å²) in [4.78, 5) is 12.0. The van der Waals surface area contributed by atoms with Gasteiger partial charge in [0, 0.05) is 10.0 Å². The van der Waals surface area contributed by atoms with E-state index in [0.717, 1.165) is 11.3 Å². The first-order chi connectivity index (χ1) is 9.13. The van der Waals surface area contributed by atoms with Crippen LogP contribution in [-0.4, -0.2) is 5.91 Å². The maximum absolute atomic E-state index is 12.0.